The summed E-state index contributed by atoms with van der Waals surface area (Å²) < 4.78 is 5.78. The third-order valence-corrected chi connectivity index (χ3v) is 7.69. The van der Waals surface area contributed by atoms with Gasteiger partial charge in [0, 0.05) is 18.2 Å². The molecule has 0 aromatic heterocycles. The molecule has 0 radical (unpaired) electrons. The average molecular weight is 395 g/mol. The van der Waals surface area contributed by atoms with Crippen molar-refractivity contribution >= 4 is 23.8 Å². The minimum atomic E-state index is -0.773. The molecule has 1 saturated carbocycles. The molecule has 5 nitrogen and oxygen atoms in total. The molecule has 1 aliphatic heterocycles. The van der Waals surface area contributed by atoms with Crippen LogP contribution in [-0.2, 0) is 9.53 Å². The number of nitrogens with zero attached hydrogens (tertiary/aromatic N) is 1. The van der Waals surface area contributed by atoms with Crippen LogP contribution in [0.25, 0.3) is 11.1 Å². The second kappa shape index (κ2) is 6.55. The van der Waals surface area contributed by atoms with Crippen LogP contribution in [-0.4, -0.2) is 45.8 Å². The first kappa shape index (κ1) is 17.6. The number of ether oxygens (including phenoxy) is 1. The van der Waals surface area contributed by atoms with Gasteiger partial charge in [0.15, 0.2) is 0 Å². The van der Waals surface area contributed by atoms with Gasteiger partial charge in [-0.2, -0.15) is 0 Å². The van der Waals surface area contributed by atoms with Gasteiger partial charge in [-0.25, -0.2) is 4.79 Å². The molecule has 1 spiro atoms. The summed E-state index contributed by atoms with van der Waals surface area (Å²) >= 11 is 1.69. The Morgan fingerprint density at radius 2 is 1.68 bits per heavy atom. The highest BCUT2D eigenvalue weighted by molar-refractivity contribution is 8.00. The highest BCUT2D eigenvalue weighted by Crippen LogP contribution is 2.54. The van der Waals surface area contributed by atoms with Gasteiger partial charge in [0.25, 0.3) is 0 Å². The molecule has 2 fully saturated rings. The van der Waals surface area contributed by atoms with Gasteiger partial charge in [-0.1, -0.05) is 48.5 Å². The molecule has 1 amide bonds. The monoisotopic (exact) mass is 395 g/mol. The van der Waals surface area contributed by atoms with E-state index in [1.807, 2.05) is 24.3 Å². The standard InChI is InChI=1S/C22H21NO4S/c24-20(25)14-11-22(12-14)23(9-10-28-22)21(26)27-13-19-17-7-3-1-5-15(17)16-6-2-4-8-18(16)19/h1-8,14,19H,9-13H2,(H,24,25). The Kier molecular flexibility index (Phi) is 4.12. The molecule has 1 heterocycles. The predicted octanol–water partition coefficient (Wildman–Crippen LogP) is 4.18. The maximum Gasteiger partial charge on any atom is 0.410 e. The first-order valence-electron chi connectivity index (χ1n) is 9.58. The van der Waals surface area contributed by atoms with Gasteiger partial charge in [0.05, 0.1) is 10.8 Å². The minimum absolute atomic E-state index is 0.0377. The molecule has 3 aliphatic rings. The van der Waals surface area contributed by atoms with Gasteiger partial charge in [0.1, 0.15) is 6.61 Å². The molecule has 1 N–H and O–H groups in total. The summed E-state index contributed by atoms with van der Waals surface area (Å²) in [4.78, 5) is 25.4. The maximum atomic E-state index is 12.9. The van der Waals surface area contributed by atoms with Crippen molar-refractivity contribution in [2.45, 2.75) is 23.6 Å². The molecule has 0 atom stereocenters. The molecule has 0 unspecified atom stereocenters. The number of hydrogen-bond donors (Lipinski definition) is 1. The van der Waals surface area contributed by atoms with Crippen LogP contribution < -0.4 is 0 Å². The molecule has 2 aromatic rings. The lowest BCUT2D eigenvalue weighted by molar-refractivity contribution is -0.147. The summed E-state index contributed by atoms with van der Waals surface area (Å²) in [5.74, 6) is -0.257. The lowest BCUT2D eigenvalue weighted by Crippen LogP contribution is -2.56. The second-order valence-corrected chi connectivity index (χ2v) is 9.15. The fourth-order valence-electron chi connectivity index (χ4n) is 4.76. The van der Waals surface area contributed by atoms with E-state index in [4.69, 9.17) is 4.74 Å². The van der Waals surface area contributed by atoms with Crippen molar-refractivity contribution < 1.29 is 19.4 Å². The molecule has 2 aromatic carbocycles. The zero-order chi connectivity index (χ0) is 19.3. The van der Waals surface area contributed by atoms with E-state index in [9.17, 15) is 14.7 Å². The van der Waals surface area contributed by atoms with Gasteiger partial charge in [-0.15, -0.1) is 11.8 Å². The Bertz CT molecular complexity index is 908. The Morgan fingerprint density at radius 3 is 2.29 bits per heavy atom. The lowest BCUT2D eigenvalue weighted by Gasteiger charge is -2.47. The predicted molar refractivity (Wildman–Crippen MR) is 107 cm³/mol. The van der Waals surface area contributed by atoms with Crippen LogP contribution in [0.5, 0.6) is 0 Å². The molecule has 2 aliphatic carbocycles. The molecular weight excluding hydrogens is 374 g/mol. The number of benzene rings is 2. The van der Waals surface area contributed by atoms with Crippen molar-refractivity contribution in [2.75, 3.05) is 18.9 Å². The molecule has 28 heavy (non-hydrogen) atoms. The van der Waals surface area contributed by atoms with Crippen LogP contribution in [0.2, 0.25) is 0 Å². The largest absolute Gasteiger partial charge is 0.481 e. The number of amides is 1. The Hall–Kier alpha value is -2.47. The minimum Gasteiger partial charge on any atom is -0.481 e. The van der Waals surface area contributed by atoms with Crippen LogP contribution in [0, 0.1) is 5.92 Å². The van der Waals surface area contributed by atoms with Crippen LogP contribution in [0.1, 0.15) is 29.9 Å². The SMILES string of the molecule is O=C(O)C1CC2(C1)SCCN2C(=O)OCC1c2ccccc2-c2ccccc21. The molecule has 5 rings (SSSR count). The Labute approximate surface area is 167 Å². The van der Waals surface area contributed by atoms with Gasteiger partial charge >= 0.3 is 12.1 Å². The van der Waals surface area contributed by atoms with E-state index >= 15 is 0 Å². The zero-order valence-corrected chi connectivity index (χ0v) is 16.2. The van der Waals surface area contributed by atoms with Gasteiger partial charge in [-0.05, 0) is 35.1 Å². The number of carboxylic acids is 1. The number of thioether (sulfide) groups is 1. The third-order valence-electron chi connectivity index (χ3n) is 6.21. The molecule has 144 valence electrons. The van der Waals surface area contributed by atoms with Crippen molar-refractivity contribution in [3.05, 3.63) is 59.7 Å². The lowest BCUT2D eigenvalue weighted by atomic mass is 9.78. The average Bonchev–Trinajstić information content (AvgIpc) is 3.25. The smallest absolute Gasteiger partial charge is 0.410 e. The van der Waals surface area contributed by atoms with E-state index < -0.39 is 5.97 Å². The van der Waals surface area contributed by atoms with Crippen molar-refractivity contribution in [3.63, 3.8) is 0 Å². The summed E-state index contributed by atoms with van der Waals surface area (Å²) in [6, 6.07) is 16.5. The van der Waals surface area contributed by atoms with Gasteiger partial charge < -0.3 is 9.84 Å². The summed E-state index contributed by atoms with van der Waals surface area (Å²) in [7, 11) is 0. The number of aliphatic carboxylic acids is 1. The van der Waals surface area contributed by atoms with Gasteiger partial charge in [-0.3, -0.25) is 9.69 Å². The van der Waals surface area contributed by atoms with E-state index in [1.165, 1.54) is 22.3 Å². The first-order valence-corrected chi connectivity index (χ1v) is 10.6. The number of carboxylic acid groups (broad SMARTS) is 1. The first-order chi connectivity index (χ1) is 13.6. The van der Waals surface area contributed by atoms with Crippen molar-refractivity contribution in [1.29, 1.82) is 0 Å². The van der Waals surface area contributed by atoms with Crippen molar-refractivity contribution in [2.24, 2.45) is 5.92 Å². The van der Waals surface area contributed by atoms with Crippen LogP contribution >= 0.6 is 11.8 Å². The summed E-state index contributed by atoms with van der Waals surface area (Å²) in [6.07, 6.45) is 0.699. The van der Waals surface area contributed by atoms with E-state index in [0.717, 1.165) is 5.75 Å². The summed E-state index contributed by atoms with van der Waals surface area (Å²) in [5, 5.41) is 9.19. The highest BCUT2D eigenvalue weighted by Gasteiger charge is 2.56. The summed E-state index contributed by atoms with van der Waals surface area (Å²) in [6.45, 7) is 0.917. The number of fused-ring (bicyclic) bond motifs is 3. The third kappa shape index (κ3) is 2.62. The molecule has 1 saturated heterocycles. The van der Waals surface area contributed by atoms with E-state index in [1.54, 1.807) is 16.7 Å². The summed E-state index contributed by atoms with van der Waals surface area (Å²) in [5.41, 5.74) is 4.79. The normalized spacial score (nSPS) is 25.3. The van der Waals surface area contributed by atoms with Crippen LogP contribution in [0.15, 0.2) is 48.5 Å². The molecule has 6 heteroatoms. The number of rotatable bonds is 3. The van der Waals surface area contributed by atoms with E-state index in [2.05, 4.69) is 24.3 Å². The van der Waals surface area contributed by atoms with Gasteiger partial charge in [0.2, 0.25) is 0 Å². The van der Waals surface area contributed by atoms with Crippen molar-refractivity contribution in [1.82, 2.24) is 4.90 Å². The highest BCUT2D eigenvalue weighted by atomic mass is 32.2. The van der Waals surface area contributed by atoms with Crippen molar-refractivity contribution in [3.8, 4) is 11.1 Å². The zero-order valence-electron chi connectivity index (χ0n) is 15.3. The molecular formula is C22H21NO4S. The van der Waals surface area contributed by atoms with Crippen LogP contribution in [0.3, 0.4) is 0 Å². The quantitative estimate of drug-likeness (QED) is 0.845. The van der Waals surface area contributed by atoms with Crippen LogP contribution in [0.4, 0.5) is 4.79 Å². The topological polar surface area (TPSA) is 66.8 Å². The maximum absolute atomic E-state index is 12.9. The van der Waals surface area contributed by atoms with E-state index in [-0.39, 0.29) is 22.8 Å². The molecule has 0 bridgehead atoms. The number of carbonyl (C=O) groups excluding carboxylic acids is 1. The number of hydrogen-bond acceptors (Lipinski definition) is 4. The fourth-order valence-corrected chi connectivity index (χ4v) is 6.37. The Morgan fingerprint density at radius 1 is 1.07 bits per heavy atom. The number of carbonyl (C=O) groups is 2. The van der Waals surface area contributed by atoms with E-state index in [0.29, 0.717) is 26.0 Å². The fraction of sp³-hybridized carbons (Fsp3) is 0.364. The second-order valence-electron chi connectivity index (χ2n) is 7.69. The Balaban J connectivity index is 1.32.